The molecule has 0 N–H and O–H groups in total. The van der Waals surface area contributed by atoms with E-state index < -0.39 is 0 Å². The molecule has 0 aliphatic rings. The Labute approximate surface area is 116 Å². The molecule has 0 aliphatic heterocycles. The maximum atomic E-state index is 12.1. The van der Waals surface area contributed by atoms with Crippen molar-refractivity contribution in [1.29, 1.82) is 0 Å². The Morgan fingerprint density at radius 1 is 1.00 bits per heavy atom. The van der Waals surface area contributed by atoms with Crippen LogP contribution in [0.5, 0.6) is 5.75 Å². The summed E-state index contributed by atoms with van der Waals surface area (Å²) in [6.07, 6.45) is 0. The van der Waals surface area contributed by atoms with Crippen LogP contribution in [-0.2, 0) is 0 Å². The van der Waals surface area contributed by atoms with Gasteiger partial charge in [-0.2, -0.15) is 0 Å². The van der Waals surface area contributed by atoms with Crippen molar-refractivity contribution < 1.29 is 9.15 Å². The second-order valence-corrected chi connectivity index (χ2v) is 4.72. The predicted molar refractivity (Wildman–Crippen MR) is 79.2 cm³/mol. The highest BCUT2D eigenvalue weighted by atomic mass is 16.5. The summed E-state index contributed by atoms with van der Waals surface area (Å²) in [6.45, 7) is 1.97. The van der Waals surface area contributed by atoms with Gasteiger partial charge in [0.15, 0.2) is 0 Å². The second-order valence-electron chi connectivity index (χ2n) is 4.72. The van der Waals surface area contributed by atoms with E-state index in [1.807, 2.05) is 55.5 Å². The van der Waals surface area contributed by atoms with E-state index in [4.69, 9.17) is 9.15 Å². The van der Waals surface area contributed by atoms with Crippen molar-refractivity contribution in [1.82, 2.24) is 0 Å². The minimum Gasteiger partial charge on any atom is -0.497 e. The first-order valence-corrected chi connectivity index (χ1v) is 6.36. The lowest BCUT2D eigenvalue weighted by Crippen LogP contribution is -2.02. The van der Waals surface area contributed by atoms with Gasteiger partial charge in [0, 0.05) is 5.39 Å². The Kier molecular flexibility index (Phi) is 3.03. The predicted octanol–water partition coefficient (Wildman–Crippen LogP) is 3.78. The molecular formula is C17H14O3. The van der Waals surface area contributed by atoms with Crippen LogP contribution in [0.1, 0.15) is 5.56 Å². The van der Waals surface area contributed by atoms with Gasteiger partial charge in [-0.25, -0.2) is 4.79 Å². The van der Waals surface area contributed by atoms with Crippen LogP contribution in [0.3, 0.4) is 0 Å². The summed E-state index contributed by atoms with van der Waals surface area (Å²) >= 11 is 0. The molecular weight excluding hydrogens is 252 g/mol. The quantitative estimate of drug-likeness (QED) is 0.663. The molecule has 20 heavy (non-hydrogen) atoms. The number of methoxy groups -OCH3 is 1. The first-order chi connectivity index (χ1) is 9.67. The molecule has 3 heteroatoms. The number of fused-ring (bicyclic) bond motifs is 1. The van der Waals surface area contributed by atoms with E-state index in [1.165, 1.54) is 0 Å². The summed E-state index contributed by atoms with van der Waals surface area (Å²) in [5.74, 6) is 0.759. The van der Waals surface area contributed by atoms with E-state index in [0.29, 0.717) is 11.1 Å². The minimum atomic E-state index is -0.326. The van der Waals surface area contributed by atoms with Crippen LogP contribution in [0.2, 0.25) is 0 Å². The molecule has 0 aliphatic carbocycles. The van der Waals surface area contributed by atoms with Crippen LogP contribution in [0.15, 0.2) is 57.7 Å². The summed E-state index contributed by atoms with van der Waals surface area (Å²) in [7, 11) is 1.61. The van der Waals surface area contributed by atoms with Crippen LogP contribution in [0.25, 0.3) is 22.1 Å². The fourth-order valence-electron chi connectivity index (χ4n) is 2.19. The molecule has 0 fully saturated rings. The third kappa shape index (κ3) is 2.18. The fourth-order valence-corrected chi connectivity index (χ4v) is 2.19. The van der Waals surface area contributed by atoms with E-state index in [9.17, 15) is 4.79 Å². The van der Waals surface area contributed by atoms with Gasteiger partial charge in [-0.15, -0.1) is 0 Å². The lowest BCUT2D eigenvalue weighted by Gasteiger charge is -2.04. The number of rotatable bonds is 2. The highest BCUT2D eigenvalue weighted by Gasteiger charge is 2.08. The summed E-state index contributed by atoms with van der Waals surface area (Å²) in [5.41, 5.74) is 2.74. The molecule has 0 spiro atoms. The van der Waals surface area contributed by atoms with Crippen LogP contribution in [0, 0.1) is 6.92 Å². The van der Waals surface area contributed by atoms with Crippen LogP contribution < -0.4 is 10.4 Å². The molecule has 3 rings (SSSR count). The summed E-state index contributed by atoms with van der Waals surface area (Å²) in [5, 5.41) is 0.918. The fraction of sp³-hybridized carbons (Fsp3) is 0.118. The van der Waals surface area contributed by atoms with E-state index in [0.717, 1.165) is 22.3 Å². The van der Waals surface area contributed by atoms with Gasteiger partial charge >= 0.3 is 5.63 Å². The zero-order valence-corrected chi connectivity index (χ0v) is 11.3. The van der Waals surface area contributed by atoms with Gasteiger partial charge in [-0.3, -0.25) is 0 Å². The maximum Gasteiger partial charge on any atom is 0.344 e. The summed E-state index contributed by atoms with van der Waals surface area (Å²) in [4.78, 5) is 12.1. The highest BCUT2D eigenvalue weighted by molar-refractivity contribution is 5.82. The number of hydrogen-bond acceptors (Lipinski definition) is 3. The largest absolute Gasteiger partial charge is 0.497 e. The van der Waals surface area contributed by atoms with Gasteiger partial charge < -0.3 is 9.15 Å². The smallest absolute Gasteiger partial charge is 0.344 e. The SMILES string of the molecule is COc1ccc(-c2cc3ccc(C)cc3oc2=O)cc1. The average Bonchev–Trinajstić information content (AvgIpc) is 2.46. The van der Waals surface area contributed by atoms with Crippen LogP contribution >= 0.6 is 0 Å². The molecule has 0 radical (unpaired) electrons. The van der Waals surface area contributed by atoms with Gasteiger partial charge in [-0.05, 0) is 42.3 Å². The molecule has 1 aromatic heterocycles. The highest BCUT2D eigenvalue weighted by Crippen LogP contribution is 2.23. The standard InChI is InChI=1S/C17H14O3/c1-11-3-4-13-10-15(17(18)20-16(13)9-11)12-5-7-14(19-2)8-6-12/h3-10H,1-2H3. The summed E-state index contributed by atoms with van der Waals surface area (Å²) < 4.78 is 10.5. The molecule has 0 amide bonds. The van der Waals surface area contributed by atoms with Crippen molar-refractivity contribution in [3.8, 4) is 16.9 Å². The van der Waals surface area contributed by atoms with Gasteiger partial charge in [0.25, 0.3) is 0 Å². The number of aryl methyl sites for hydroxylation is 1. The van der Waals surface area contributed by atoms with Gasteiger partial charge in [0.05, 0.1) is 12.7 Å². The zero-order valence-electron chi connectivity index (χ0n) is 11.3. The van der Waals surface area contributed by atoms with Gasteiger partial charge in [-0.1, -0.05) is 24.3 Å². The van der Waals surface area contributed by atoms with Crippen molar-refractivity contribution in [2.45, 2.75) is 6.92 Å². The molecule has 0 saturated carbocycles. The molecule has 0 atom stereocenters. The Morgan fingerprint density at radius 2 is 1.75 bits per heavy atom. The molecule has 0 bridgehead atoms. The normalized spacial score (nSPS) is 10.7. The monoisotopic (exact) mass is 266 g/mol. The van der Waals surface area contributed by atoms with Crippen molar-refractivity contribution >= 4 is 11.0 Å². The van der Waals surface area contributed by atoms with Crippen molar-refractivity contribution in [3.05, 3.63) is 64.5 Å². The number of hydrogen-bond donors (Lipinski definition) is 0. The van der Waals surface area contributed by atoms with E-state index in [1.54, 1.807) is 7.11 Å². The molecule has 2 aromatic carbocycles. The average molecular weight is 266 g/mol. The molecule has 3 aromatic rings. The molecule has 0 unspecified atom stereocenters. The van der Waals surface area contributed by atoms with Crippen molar-refractivity contribution in [2.75, 3.05) is 7.11 Å². The van der Waals surface area contributed by atoms with E-state index in [2.05, 4.69) is 0 Å². The van der Waals surface area contributed by atoms with Crippen molar-refractivity contribution in [3.63, 3.8) is 0 Å². The second kappa shape index (κ2) is 4.85. The lowest BCUT2D eigenvalue weighted by molar-refractivity contribution is 0.415. The molecule has 3 nitrogen and oxygen atoms in total. The number of benzene rings is 2. The van der Waals surface area contributed by atoms with Crippen molar-refractivity contribution in [2.24, 2.45) is 0 Å². The lowest BCUT2D eigenvalue weighted by atomic mass is 10.1. The zero-order chi connectivity index (χ0) is 14.1. The molecule has 0 saturated heterocycles. The Bertz CT molecular complexity index is 814. The topological polar surface area (TPSA) is 39.4 Å². The van der Waals surface area contributed by atoms with E-state index >= 15 is 0 Å². The van der Waals surface area contributed by atoms with Gasteiger partial charge in [0.2, 0.25) is 0 Å². The first kappa shape index (κ1) is 12.5. The Hall–Kier alpha value is -2.55. The van der Waals surface area contributed by atoms with Gasteiger partial charge in [0.1, 0.15) is 11.3 Å². The summed E-state index contributed by atoms with van der Waals surface area (Å²) in [6, 6.07) is 15.1. The minimum absolute atomic E-state index is 0.326. The maximum absolute atomic E-state index is 12.1. The van der Waals surface area contributed by atoms with Crippen LogP contribution in [-0.4, -0.2) is 7.11 Å². The third-order valence-corrected chi connectivity index (χ3v) is 3.29. The third-order valence-electron chi connectivity index (χ3n) is 3.29. The number of ether oxygens (including phenoxy) is 1. The molecule has 1 heterocycles. The van der Waals surface area contributed by atoms with Crippen LogP contribution in [0.4, 0.5) is 0 Å². The first-order valence-electron chi connectivity index (χ1n) is 6.36. The van der Waals surface area contributed by atoms with E-state index in [-0.39, 0.29) is 5.63 Å². The Morgan fingerprint density at radius 3 is 2.45 bits per heavy atom. The molecule has 100 valence electrons. The Balaban J connectivity index is 2.17.